The van der Waals surface area contributed by atoms with E-state index in [-0.39, 0.29) is 11.5 Å². The monoisotopic (exact) mass is 493 g/mol. The van der Waals surface area contributed by atoms with E-state index in [1.165, 1.54) is 43.1 Å². The van der Waals surface area contributed by atoms with Crippen molar-refractivity contribution in [2.24, 2.45) is 5.92 Å². The van der Waals surface area contributed by atoms with E-state index in [0.717, 1.165) is 48.3 Å². The number of H-pyrrole nitrogens is 1. The Morgan fingerprint density at radius 1 is 1.06 bits per heavy atom. The van der Waals surface area contributed by atoms with Crippen LogP contribution in [0.4, 0.5) is 0 Å². The minimum atomic E-state index is -0.107. The maximum atomic E-state index is 13.1. The molecule has 1 aromatic carbocycles. The molecule has 0 bridgehead atoms. The number of aromatic amines is 1. The van der Waals surface area contributed by atoms with E-state index < -0.39 is 0 Å². The van der Waals surface area contributed by atoms with Gasteiger partial charge in [-0.3, -0.25) is 14.6 Å². The van der Waals surface area contributed by atoms with E-state index in [2.05, 4.69) is 14.9 Å². The summed E-state index contributed by atoms with van der Waals surface area (Å²) < 4.78 is 5.90. The zero-order valence-electron chi connectivity index (χ0n) is 20.3. The van der Waals surface area contributed by atoms with Crippen LogP contribution in [0.2, 0.25) is 0 Å². The Kier molecular flexibility index (Phi) is 9.64. The number of carbonyl (C=O) groups is 1. The molecule has 3 aromatic rings. The molecule has 0 unspecified atom stereocenters. The van der Waals surface area contributed by atoms with Crippen LogP contribution in [0.25, 0.3) is 10.9 Å². The molecule has 0 spiro atoms. The van der Waals surface area contributed by atoms with Crippen molar-refractivity contribution in [2.75, 3.05) is 25.4 Å². The summed E-state index contributed by atoms with van der Waals surface area (Å²) >= 11 is 1.79. The van der Waals surface area contributed by atoms with Crippen LogP contribution < -0.4 is 10.3 Å². The average molecular weight is 494 g/mol. The number of thioether (sulfide) groups is 1. The number of fused-ring (bicyclic) bond motifs is 1. The van der Waals surface area contributed by atoms with Crippen LogP contribution in [0, 0.1) is 5.92 Å². The van der Waals surface area contributed by atoms with E-state index in [4.69, 9.17) is 4.74 Å². The molecule has 2 heterocycles. The number of nitrogens with one attached hydrogen (secondary N) is 1. The zero-order chi connectivity index (χ0) is 24.3. The summed E-state index contributed by atoms with van der Waals surface area (Å²) in [6.45, 7) is 2.26. The first-order valence-electron chi connectivity index (χ1n) is 12.7. The van der Waals surface area contributed by atoms with Crippen LogP contribution in [0.15, 0.2) is 64.5 Å². The van der Waals surface area contributed by atoms with E-state index in [0.29, 0.717) is 18.9 Å². The molecular formula is C28H35N3O3S. The number of aromatic nitrogens is 2. The molecule has 1 amide bonds. The molecule has 7 heteroatoms. The lowest BCUT2D eigenvalue weighted by atomic mass is 9.89. The first-order valence-corrected chi connectivity index (χ1v) is 13.7. The topological polar surface area (TPSA) is 75.3 Å². The standard InChI is InChI=1S/C28H35N3O3S/c32-27-12-9-23-20-24(10-11-26(23)30-27)34-18-5-4-8-28(33)31(21-22-6-2-1-3-7-22)17-19-35-25-13-15-29-16-14-25/h9-16,20,22H,1-8,17-19,21H2,(H,30,32). The highest BCUT2D eigenvalue weighted by Crippen LogP contribution is 2.25. The van der Waals surface area contributed by atoms with Gasteiger partial charge in [0, 0.05) is 59.5 Å². The number of carbonyl (C=O) groups excluding carboxylic acids is 1. The summed E-state index contributed by atoms with van der Waals surface area (Å²) in [5.41, 5.74) is 0.694. The fourth-order valence-corrected chi connectivity index (χ4v) is 5.52. The predicted octanol–water partition coefficient (Wildman–Crippen LogP) is 5.67. The molecule has 1 aliphatic carbocycles. The zero-order valence-corrected chi connectivity index (χ0v) is 21.1. The number of nitrogens with zero attached hydrogens (tertiary/aromatic N) is 2. The minimum absolute atomic E-state index is 0.107. The molecule has 6 nitrogen and oxygen atoms in total. The second-order valence-electron chi connectivity index (χ2n) is 9.25. The third kappa shape index (κ3) is 8.13. The molecule has 2 aromatic heterocycles. The maximum absolute atomic E-state index is 13.1. The van der Waals surface area contributed by atoms with Gasteiger partial charge in [-0.15, -0.1) is 11.8 Å². The highest BCUT2D eigenvalue weighted by Gasteiger charge is 2.20. The van der Waals surface area contributed by atoms with Crippen LogP contribution in [0.1, 0.15) is 51.4 Å². The van der Waals surface area contributed by atoms with Gasteiger partial charge in [0.1, 0.15) is 5.75 Å². The smallest absolute Gasteiger partial charge is 0.248 e. The number of rotatable bonds is 12. The van der Waals surface area contributed by atoms with Gasteiger partial charge in [-0.1, -0.05) is 19.3 Å². The maximum Gasteiger partial charge on any atom is 0.248 e. The highest BCUT2D eigenvalue weighted by molar-refractivity contribution is 7.99. The van der Waals surface area contributed by atoms with Gasteiger partial charge < -0.3 is 14.6 Å². The summed E-state index contributed by atoms with van der Waals surface area (Å²) in [6.07, 6.45) is 12.2. The van der Waals surface area contributed by atoms with Gasteiger partial charge in [-0.25, -0.2) is 0 Å². The highest BCUT2D eigenvalue weighted by atomic mass is 32.2. The largest absolute Gasteiger partial charge is 0.494 e. The third-order valence-electron chi connectivity index (χ3n) is 6.58. The molecule has 4 rings (SSSR count). The molecule has 1 aliphatic rings. The van der Waals surface area contributed by atoms with Crippen LogP contribution in [0.5, 0.6) is 5.75 Å². The van der Waals surface area contributed by atoms with Crippen molar-refractivity contribution in [2.45, 2.75) is 56.3 Å². The molecule has 35 heavy (non-hydrogen) atoms. The molecule has 1 N–H and O–H groups in total. The predicted molar refractivity (Wildman–Crippen MR) is 142 cm³/mol. The number of hydrogen-bond acceptors (Lipinski definition) is 5. The van der Waals surface area contributed by atoms with E-state index in [1.807, 2.05) is 42.7 Å². The molecule has 0 radical (unpaired) electrons. The van der Waals surface area contributed by atoms with Gasteiger partial charge in [0.25, 0.3) is 0 Å². The van der Waals surface area contributed by atoms with Crippen LogP contribution in [0.3, 0.4) is 0 Å². The molecule has 0 atom stereocenters. The number of ether oxygens (including phenoxy) is 1. The van der Waals surface area contributed by atoms with Crippen molar-refractivity contribution in [3.05, 3.63) is 65.2 Å². The second-order valence-corrected chi connectivity index (χ2v) is 10.4. The van der Waals surface area contributed by atoms with Gasteiger partial charge in [-0.2, -0.15) is 0 Å². The molecular weight excluding hydrogens is 458 g/mol. The number of hydrogen-bond donors (Lipinski definition) is 1. The lowest BCUT2D eigenvalue weighted by molar-refractivity contribution is -0.131. The molecule has 1 fully saturated rings. The normalized spacial score (nSPS) is 14.2. The second kappa shape index (κ2) is 13.3. The lowest BCUT2D eigenvalue weighted by Gasteiger charge is -2.30. The Bertz CT molecular complexity index is 1130. The van der Waals surface area contributed by atoms with Crippen LogP contribution in [-0.4, -0.2) is 46.2 Å². The van der Waals surface area contributed by atoms with E-state index >= 15 is 0 Å². The van der Waals surface area contributed by atoms with Crippen LogP contribution >= 0.6 is 11.8 Å². The van der Waals surface area contributed by atoms with Crippen molar-refractivity contribution in [3.8, 4) is 5.75 Å². The van der Waals surface area contributed by atoms with E-state index in [9.17, 15) is 9.59 Å². The summed E-state index contributed by atoms with van der Waals surface area (Å²) in [4.78, 5) is 34.7. The summed E-state index contributed by atoms with van der Waals surface area (Å²) in [5.74, 6) is 2.59. The Morgan fingerprint density at radius 3 is 2.71 bits per heavy atom. The summed E-state index contributed by atoms with van der Waals surface area (Å²) in [6, 6.07) is 13.0. The SMILES string of the molecule is O=C(CCCCOc1ccc2[nH]c(=O)ccc2c1)N(CCSc1ccncc1)CC1CCCCC1. The van der Waals surface area contributed by atoms with Gasteiger partial charge in [0.15, 0.2) is 0 Å². The number of unbranched alkanes of at least 4 members (excludes halogenated alkanes) is 1. The quantitative estimate of drug-likeness (QED) is 0.260. The number of amides is 1. The third-order valence-corrected chi connectivity index (χ3v) is 7.58. The minimum Gasteiger partial charge on any atom is -0.494 e. The van der Waals surface area contributed by atoms with Crippen molar-refractivity contribution >= 4 is 28.6 Å². The number of pyridine rings is 2. The molecule has 0 saturated heterocycles. The number of benzene rings is 1. The van der Waals surface area contributed by atoms with Gasteiger partial charge in [0.2, 0.25) is 11.5 Å². The van der Waals surface area contributed by atoms with Gasteiger partial charge in [-0.05, 0) is 68.0 Å². The summed E-state index contributed by atoms with van der Waals surface area (Å²) in [7, 11) is 0. The Labute approximate surface area is 211 Å². The average Bonchev–Trinajstić information content (AvgIpc) is 2.89. The Morgan fingerprint density at radius 2 is 1.89 bits per heavy atom. The van der Waals surface area contributed by atoms with Crippen molar-refractivity contribution in [1.29, 1.82) is 0 Å². The van der Waals surface area contributed by atoms with Crippen molar-refractivity contribution in [3.63, 3.8) is 0 Å². The Balaban J connectivity index is 1.22. The Hall–Kier alpha value is -2.80. The first-order chi connectivity index (χ1) is 17.2. The van der Waals surface area contributed by atoms with Crippen molar-refractivity contribution < 1.29 is 9.53 Å². The molecule has 186 valence electrons. The fraction of sp³-hybridized carbons (Fsp3) is 0.464. The van der Waals surface area contributed by atoms with Crippen LogP contribution in [-0.2, 0) is 4.79 Å². The van der Waals surface area contributed by atoms with Gasteiger partial charge >= 0.3 is 0 Å². The summed E-state index contributed by atoms with van der Waals surface area (Å²) in [5, 5.41) is 0.945. The lowest BCUT2D eigenvalue weighted by Crippen LogP contribution is -2.37. The van der Waals surface area contributed by atoms with Crippen molar-refractivity contribution in [1.82, 2.24) is 14.9 Å². The molecule has 1 saturated carbocycles. The molecule has 0 aliphatic heterocycles. The van der Waals surface area contributed by atoms with Gasteiger partial charge in [0.05, 0.1) is 6.61 Å². The first kappa shape index (κ1) is 25.3. The van der Waals surface area contributed by atoms with E-state index in [1.54, 1.807) is 17.8 Å². The fourth-order valence-electron chi connectivity index (χ4n) is 4.66.